The molecule has 2 atom stereocenters. The molecule has 2 aromatic rings. The fraction of sp³-hybridized carbons (Fsp3) is 0.500. The zero-order valence-corrected chi connectivity index (χ0v) is 10.8. The van der Waals surface area contributed by atoms with E-state index in [-0.39, 0.29) is 19.0 Å². The van der Waals surface area contributed by atoms with Crippen LogP contribution in [-0.2, 0) is 13.1 Å². The van der Waals surface area contributed by atoms with E-state index >= 15 is 0 Å². The number of aliphatic hydroxyl groups is 2. The lowest BCUT2D eigenvalue weighted by molar-refractivity contribution is -0.396. The second-order valence-corrected chi connectivity index (χ2v) is 4.33. The summed E-state index contributed by atoms with van der Waals surface area (Å²) in [4.78, 5) is 13.7. The van der Waals surface area contributed by atoms with Crippen molar-refractivity contribution in [3.63, 3.8) is 0 Å². The molecule has 2 rings (SSSR count). The molecule has 0 saturated carbocycles. The van der Waals surface area contributed by atoms with E-state index in [4.69, 9.17) is 5.11 Å². The first kappa shape index (κ1) is 15.0. The normalized spacial score (nSPS) is 14.0. The second kappa shape index (κ2) is 6.37. The van der Waals surface area contributed by atoms with Crippen LogP contribution in [0.5, 0.6) is 0 Å². The molecule has 10 nitrogen and oxygen atoms in total. The number of hydrogen-bond donors (Lipinski definition) is 2. The van der Waals surface area contributed by atoms with Crippen LogP contribution in [0.4, 0.5) is 10.3 Å². The maximum absolute atomic E-state index is 12.2. The van der Waals surface area contributed by atoms with Gasteiger partial charge in [0.2, 0.25) is 0 Å². The van der Waals surface area contributed by atoms with E-state index in [2.05, 4.69) is 15.3 Å². The topological polar surface area (TPSA) is 132 Å². The maximum Gasteiger partial charge on any atom is 0.434 e. The molecule has 11 heteroatoms. The molecule has 0 radical (unpaired) electrons. The van der Waals surface area contributed by atoms with Crippen LogP contribution in [0, 0.1) is 10.1 Å². The summed E-state index contributed by atoms with van der Waals surface area (Å²) in [5.41, 5.74) is 0.401. The van der Waals surface area contributed by atoms with Gasteiger partial charge in [-0.05, 0) is 4.92 Å². The van der Waals surface area contributed by atoms with Gasteiger partial charge in [0, 0.05) is 0 Å². The molecule has 2 N–H and O–H groups in total. The first-order chi connectivity index (χ1) is 10.0. The van der Waals surface area contributed by atoms with Crippen LogP contribution in [0.15, 0.2) is 18.6 Å². The number of alkyl halides is 1. The molecule has 0 amide bonds. The molecule has 0 aliphatic rings. The number of aromatic nitrogens is 5. The molecule has 21 heavy (non-hydrogen) atoms. The third-order valence-electron chi connectivity index (χ3n) is 2.75. The van der Waals surface area contributed by atoms with Gasteiger partial charge in [-0.2, -0.15) is 0 Å². The maximum atomic E-state index is 12.2. The van der Waals surface area contributed by atoms with Crippen LogP contribution in [-0.4, -0.2) is 58.6 Å². The Labute approximate surface area is 117 Å². The van der Waals surface area contributed by atoms with Crippen LogP contribution in [0.1, 0.15) is 5.69 Å². The first-order valence-electron chi connectivity index (χ1n) is 5.98. The van der Waals surface area contributed by atoms with Gasteiger partial charge in [0.05, 0.1) is 12.7 Å². The van der Waals surface area contributed by atoms with Crippen LogP contribution in [0.3, 0.4) is 0 Å². The molecule has 2 heterocycles. The number of nitrogens with zero attached hydrogens (tertiary/aromatic N) is 6. The van der Waals surface area contributed by atoms with Crippen molar-refractivity contribution in [1.82, 2.24) is 24.5 Å². The van der Waals surface area contributed by atoms with E-state index in [0.717, 1.165) is 0 Å². The first-order valence-corrected chi connectivity index (χ1v) is 5.98. The predicted octanol–water partition coefficient (Wildman–Crippen LogP) is -0.878. The molecule has 2 unspecified atom stereocenters. The Bertz CT molecular complexity index is 614. The number of hydrogen-bond acceptors (Lipinski definition) is 7. The number of nitro groups is 1. The summed E-state index contributed by atoms with van der Waals surface area (Å²) in [5.74, 6) is -0.322. The highest BCUT2D eigenvalue weighted by molar-refractivity contribution is 5.09. The van der Waals surface area contributed by atoms with Gasteiger partial charge in [-0.25, -0.2) is 13.6 Å². The molecule has 0 spiro atoms. The van der Waals surface area contributed by atoms with Crippen molar-refractivity contribution in [3.8, 4) is 0 Å². The number of imidazole rings is 1. The van der Waals surface area contributed by atoms with Crippen molar-refractivity contribution < 1.29 is 19.5 Å². The third-order valence-corrected chi connectivity index (χ3v) is 2.75. The Kier molecular flexibility index (Phi) is 4.55. The molecular weight excluding hydrogens is 287 g/mol. The van der Waals surface area contributed by atoms with Gasteiger partial charge >= 0.3 is 5.95 Å². The number of aliphatic hydroxyl groups excluding tert-OH is 2. The average Bonchev–Trinajstić information content (AvgIpc) is 3.07. The van der Waals surface area contributed by atoms with E-state index in [9.17, 15) is 19.6 Å². The summed E-state index contributed by atoms with van der Waals surface area (Å²) < 4.78 is 14.7. The van der Waals surface area contributed by atoms with Gasteiger partial charge in [-0.3, -0.25) is 0 Å². The van der Waals surface area contributed by atoms with Gasteiger partial charge in [0.1, 0.15) is 43.5 Å². The Morgan fingerprint density at radius 2 is 2.19 bits per heavy atom. The van der Waals surface area contributed by atoms with Gasteiger partial charge < -0.3 is 20.3 Å². The molecule has 0 fully saturated rings. The summed E-state index contributed by atoms with van der Waals surface area (Å²) in [6.07, 6.45) is 1.36. The molecule has 0 bridgehead atoms. The fourth-order valence-corrected chi connectivity index (χ4v) is 1.69. The number of halogens is 1. The lowest BCUT2D eigenvalue weighted by Crippen LogP contribution is -2.32. The smallest absolute Gasteiger partial charge is 0.390 e. The Morgan fingerprint density at radius 1 is 1.43 bits per heavy atom. The van der Waals surface area contributed by atoms with E-state index in [1.54, 1.807) is 0 Å². The SMILES string of the molecule is O=[N+]([O-])c1nccn1Cc1cn(CC(O)C(O)CF)nn1. The molecule has 0 aliphatic carbocycles. The van der Waals surface area contributed by atoms with Crippen LogP contribution < -0.4 is 0 Å². The fourth-order valence-electron chi connectivity index (χ4n) is 1.69. The van der Waals surface area contributed by atoms with Crippen molar-refractivity contribution in [2.45, 2.75) is 25.3 Å². The highest BCUT2D eigenvalue weighted by Crippen LogP contribution is 2.10. The van der Waals surface area contributed by atoms with Crippen LogP contribution in [0.25, 0.3) is 0 Å². The minimum atomic E-state index is -1.49. The standard InChI is InChI=1S/C10H13FN6O4/c11-3-8(18)9(19)6-16-5-7(13-14-16)4-15-2-1-12-10(15)17(20)21/h1-2,5,8-9,18-19H,3-4,6H2. The van der Waals surface area contributed by atoms with Crippen molar-refractivity contribution in [2.75, 3.05) is 6.67 Å². The van der Waals surface area contributed by atoms with Gasteiger partial charge in [-0.15, -0.1) is 5.10 Å². The quantitative estimate of drug-likeness (QED) is 0.501. The number of rotatable bonds is 7. The highest BCUT2D eigenvalue weighted by Gasteiger charge is 2.19. The van der Waals surface area contributed by atoms with Crippen LogP contribution in [0.2, 0.25) is 0 Å². The van der Waals surface area contributed by atoms with Crippen molar-refractivity contribution >= 4 is 5.95 Å². The lowest BCUT2D eigenvalue weighted by atomic mass is 10.2. The third kappa shape index (κ3) is 3.58. The monoisotopic (exact) mass is 300 g/mol. The van der Waals surface area contributed by atoms with Crippen molar-refractivity contribution in [3.05, 3.63) is 34.4 Å². The summed E-state index contributed by atoms with van der Waals surface area (Å²) in [5, 5.41) is 36.8. The predicted molar refractivity (Wildman–Crippen MR) is 66.0 cm³/mol. The zero-order chi connectivity index (χ0) is 15.4. The van der Waals surface area contributed by atoms with Gasteiger partial charge in [0.15, 0.2) is 0 Å². The van der Waals surface area contributed by atoms with E-state index < -0.39 is 23.8 Å². The van der Waals surface area contributed by atoms with Crippen molar-refractivity contribution in [2.24, 2.45) is 0 Å². The van der Waals surface area contributed by atoms with Crippen molar-refractivity contribution in [1.29, 1.82) is 0 Å². The minimum Gasteiger partial charge on any atom is -0.390 e. The summed E-state index contributed by atoms with van der Waals surface area (Å²) in [6.45, 7) is -1.12. The average molecular weight is 300 g/mol. The zero-order valence-electron chi connectivity index (χ0n) is 10.8. The Morgan fingerprint density at radius 3 is 2.86 bits per heavy atom. The molecule has 0 aliphatic heterocycles. The second-order valence-electron chi connectivity index (χ2n) is 4.33. The molecule has 0 aromatic carbocycles. The lowest BCUT2D eigenvalue weighted by Gasteiger charge is -2.13. The molecule has 2 aromatic heterocycles. The molecular formula is C10H13FN6O4. The Balaban J connectivity index is 2.03. The summed E-state index contributed by atoms with van der Waals surface area (Å²) >= 11 is 0. The molecule has 114 valence electrons. The summed E-state index contributed by atoms with van der Waals surface area (Å²) in [6, 6.07) is 0. The van der Waals surface area contributed by atoms with E-state index in [0.29, 0.717) is 5.69 Å². The minimum absolute atomic E-state index is 0.0814. The Hall–Kier alpha value is -2.40. The largest absolute Gasteiger partial charge is 0.434 e. The van der Waals surface area contributed by atoms with E-state index in [1.807, 2.05) is 0 Å². The van der Waals surface area contributed by atoms with Crippen LogP contribution >= 0.6 is 0 Å². The molecule has 0 saturated heterocycles. The highest BCUT2D eigenvalue weighted by atomic mass is 19.1. The summed E-state index contributed by atoms with van der Waals surface area (Å²) in [7, 11) is 0. The van der Waals surface area contributed by atoms with Gasteiger partial charge in [0.25, 0.3) is 0 Å². The van der Waals surface area contributed by atoms with Gasteiger partial charge in [-0.1, -0.05) is 10.2 Å². The van der Waals surface area contributed by atoms with E-state index in [1.165, 1.54) is 27.8 Å².